The van der Waals surface area contributed by atoms with E-state index in [0.717, 1.165) is 37.9 Å². The first-order valence-electron chi connectivity index (χ1n) is 9.91. The van der Waals surface area contributed by atoms with Gasteiger partial charge in [-0.2, -0.15) is 0 Å². The number of anilines is 1. The maximum absolute atomic E-state index is 12.0. The number of hydrogen-bond donors (Lipinski definition) is 5. The van der Waals surface area contributed by atoms with Crippen LogP contribution in [0.2, 0.25) is 0 Å². The number of hydrogen-bond acceptors (Lipinski definition) is 5. The van der Waals surface area contributed by atoms with E-state index in [-0.39, 0.29) is 24.3 Å². The summed E-state index contributed by atoms with van der Waals surface area (Å²) in [4.78, 5) is 12.0. The van der Waals surface area contributed by atoms with Crippen LogP contribution >= 0.6 is 12.4 Å². The molecule has 0 saturated carbocycles. The van der Waals surface area contributed by atoms with Crippen molar-refractivity contribution in [3.8, 4) is 5.75 Å². The minimum Gasteiger partial charge on any atom is -0.490 e. The topological polar surface area (TPSA) is 120 Å². The summed E-state index contributed by atoms with van der Waals surface area (Å²) in [5.41, 5.74) is 8.40. The van der Waals surface area contributed by atoms with E-state index in [1.54, 1.807) is 24.3 Å². The van der Waals surface area contributed by atoms with Crippen molar-refractivity contribution in [2.75, 3.05) is 18.4 Å². The van der Waals surface area contributed by atoms with Crippen LogP contribution in [-0.2, 0) is 11.2 Å². The van der Waals surface area contributed by atoms with Crippen molar-refractivity contribution < 1.29 is 14.6 Å². The summed E-state index contributed by atoms with van der Waals surface area (Å²) in [6.07, 6.45) is 2.81. The summed E-state index contributed by atoms with van der Waals surface area (Å²) in [5.74, 6) is -0.283. The number of piperidine rings is 1. The maximum atomic E-state index is 12.0. The molecule has 0 aromatic heterocycles. The predicted molar refractivity (Wildman–Crippen MR) is 121 cm³/mol. The van der Waals surface area contributed by atoms with Crippen molar-refractivity contribution in [1.29, 1.82) is 5.41 Å². The highest BCUT2D eigenvalue weighted by atomic mass is 35.5. The Morgan fingerprint density at radius 3 is 2.50 bits per heavy atom. The van der Waals surface area contributed by atoms with Gasteiger partial charge >= 0.3 is 5.97 Å². The first-order valence-corrected chi connectivity index (χ1v) is 9.91. The van der Waals surface area contributed by atoms with Gasteiger partial charge in [0.2, 0.25) is 0 Å². The zero-order valence-corrected chi connectivity index (χ0v) is 17.8. The van der Waals surface area contributed by atoms with Gasteiger partial charge in [-0.15, -0.1) is 12.4 Å². The first-order chi connectivity index (χ1) is 14.0. The average Bonchev–Trinajstić information content (AvgIpc) is 2.72. The van der Waals surface area contributed by atoms with E-state index >= 15 is 0 Å². The van der Waals surface area contributed by atoms with Gasteiger partial charge < -0.3 is 26.2 Å². The second-order valence-electron chi connectivity index (χ2n) is 7.24. The summed E-state index contributed by atoms with van der Waals surface area (Å²) < 4.78 is 6.16. The van der Waals surface area contributed by atoms with Gasteiger partial charge in [-0.05, 0) is 79.9 Å². The Kier molecular flexibility index (Phi) is 8.50. The normalized spacial score (nSPS) is 15.0. The molecule has 2 aromatic carbocycles. The van der Waals surface area contributed by atoms with Crippen LogP contribution in [0.4, 0.5) is 5.69 Å². The fourth-order valence-electron chi connectivity index (χ4n) is 3.43. The zero-order valence-electron chi connectivity index (χ0n) is 17.0. The van der Waals surface area contributed by atoms with Crippen molar-refractivity contribution in [2.45, 2.75) is 38.3 Å². The van der Waals surface area contributed by atoms with E-state index in [1.807, 2.05) is 25.1 Å². The number of carbonyl (C=O) groups is 1. The standard InChI is InChI=1S/C22H28N4O3.ClH/c1-2-14-11-16(13-19(12-14)29-18-7-9-25-10-8-18)20(22(27)28)26-17-5-3-15(4-6-17)21(23)24;/h3-6,11-13,18,20,25-26H,2,7-10H2,1H3,(H3,23,24)(H,27,28);1H. The van der Waals surface area contributed by atoms with Gasteiger partial charge in [0, 0.05) is 11.3 Å². The van der Waals surface area contributed by atoms with E-state index in [0.29, 0.717) is 22.6 Å². The van der Waals surface area contributed by atoms with Crippen molar-refractivity contribution in [2.24, 2.45) is 5.73 Å². The summed E-state index contributed by atoms with van der Waals surface area (Å²) in [5, 5.41) is 23.7. The van der Waals surface area contributed by atoms with Crippen LogP contribution in [0, 0.1) is 5.41 Å². The number of nitrogen functional groups attached to an aromatic ring is 1. The molecule has 1 aliphatic heterocycles. The maximum Gasteiger partial charge on any atom is 0.330 e. The van der Waals surface area contributed by atoms with Gasteiger partial charge in [-0.3, -0.25) is 5.41 Å². The number of ether oxygens (including phenoxy) is 1. The van der Waals surface area contributed by atoms with Crippen molar-refractivity contribution >= 4 is 29.9 Å². The number of aryl methyl sites for hydroxylation is 1. The van der Waals surface area contributed by atoms with E-state index in [1.165, 1.54) is 0 Å². The molecule has 1 heterocycles. The molecule has 0 aliphatic carbocycles. The van der Waals surface area contributed by atoms with Crippen LogP contribution < -0.4 is 21.1 Å². The molecule has 3 rings (SSSR count). The quantitative estimate of drug-likeness (QED) is 0.322. The van der Waals surface area contributed by atoms with Crippen molar-refractivity contribution in [3.63, 3.8) is 0 Å². The fraction of sp³-hybridized carbons (Fsp3) is 0.364. The second-order valence-corrected chi connectivity index (χ2v) is 7.24. The highest BCUT2D eigenvalue weighted by Crippen LogP contribution is 2.27. The molecule has 0 spiro atoms. The third kappa shape index (κ3) is 6.11. The summed E-state index contributed by atoms with van der Waals surface area (Å²) in [6, 6.07) is 11.6. The Balaban J connectivity index is 0.00000320. The lowest BCUT2D eigenvalue weighted by Crippen LogP contribution is -2.34. The molecule has 8 heteroatoms. The number of halogens is 1. The molecular formula is C22H29ClN4O3. The molecule has 2 aromatic rings. The highest BCUT2D eigenvalue weighted by Gasteiger charge is 2.22. The molecule has 0 amide bonds. The van der Waals surface area contributed by atoms with Gasteiger partial charge in [0.15, 0.2) is 6.04 Å². The Labute approximate surface area is 182 Å². The summed E-state index contributed by atoms with van der Waals surface area (Å²) in [7, 11) is 0. The highest BCUT2D eigenvalue weighted by molar-refractivity contribution is 5.95. The number of nitrogens with two attached hydrogens (primary N) is 1. The summed E-state index contributed by atoms with van der Waals surface area (Å²) >= 11 is 0. The monoisotopic (exact) mass is 432 g/mol. The number of nitrogens with one attached hydrogen (secondary N) is 3. The van der Waals surface area contributed by atoms with Crippen molar-refractivity contribution in [1.82, 2.24) is 5.32 Å². The second kappa shape index (κ2) is 10.8. The molecule has 7 nitrogen and oxygen atoms in total. The number of benzene rings is 2. The van der Waals surface area contributed by atoms with Gasteiger partial charge in [0.05, 0.1) is 0 Å². The molecule has 0 bridgehead atoms. The molecule has 30 heavy (non-hydrogen) atoms. The number of carboxylic acid groups (broad SMARTS) is 1. The van der Waals surface area contributed by atoms with Gasteiger partial charge in [-0.25, -0.2) is 4.79 Å². The first kappa shape index (κ1) is 23.5. The number of carboxylic acids is 1. The van der Waals surface area contributed by atoms with Gasteiger partial charge in [-0.1, -0.05) is 13.0 Å². The molecule has 162 valence electrons. The minimum absolute atomic E-state index is 0. The Bertz CT molecular complexity index is 867. The lowest BCUT2D eigenvalue weighted by atomic mass is 10.0. The predicted octanol–water partition coefficient (Wildman–Crippen LogP) is 3.32. The Morgan fingerprint density at radius 2 is 1.93 bits per heavy atom. The molecule has 1 atom stereocenters. The smallest absolute Gasteiger partial charge is 0.330 e. The van der Waals surface area contributed by atoms with Gasteiger partial charge in [0.25, 0.3) is 0 Å². The van der Waals surface area contributed by atoms with E-state index in [4.69, 9.17) is 15.9 Å². The van der Waals surface area contributed by atoms with Crippen LogP contribution in [0.5, 0.6) is 5.75 Å². The van der Waals surface area contributed by atoms with Crippen LogP contribution in [0.1, 0.15) is 42.5 Å². The van der Waals surface area contributed by atoms with Crippen LogP contribution in [0.15, 0.2) is 42.5 Å². The average molecular weight is 433 g/mol. The molecular weight excluding hydrogens is 404 g/mol. The van der Waals surface area contributed by atoms with Crippen LogP contribution in [0.25, 0.3) is 0 Å². The Morgan fingerprint density at radius 1 is 1.27 bits per heavy atom. The minimum atomic E-state index is -0.971. The molecule has 1 saturated heterocycles. The number of amidine groups is 1. The number of aliphatic carboxylic acids is 1. The summed E-state index contributed by atoms with van der Waals surface area (Å²) in [6.45, 7) is 3.90. The largest absolute Gasteiger partial charge is 0.490 e. The third-order valence-electron chi connectivity index (χ3n) is 5.07. The SMILES string of the molecule is CCc1cc(OC2CCNCC2)cc(C(Nc2ccc(C(=N)N)cc2)C(=O)O)c1.Cl. The molecule has 1 aliphatic rings. The van der Waals surface area contributed by atoms with E-state index in [2.05, 4.69) is 10.6 Å². The van der Waals surface area contributed by atoms with E-state index in [9.17, 15) is 9.90 Å². The fourth-order valence-corrected chi connectivity index (χ4v) is 3.43. The van der Waals surface area contributed by atoms with Crippen LogP contribution in [-0.4, -0.2) is 36.1 Å². The van der Waals surface area contributed by atoms with Gasteiger partial charge in [0.1, 0.15) is 17.7 Å². The molecule has 1 unspecified atom stereocenters. The van der Waals surface area contributed by atoms with Crippen molar-refractivity contribution in [3.05, 3.63) is 59.2 Å². The third-order valence-corrected chi connectivity index (χ3v) is 5.07. The lowest BCUT2D eigenvalue weighted by Gasteiger charge is -2.25. The van der Waals surface area contributed by atoms with Crippen LogP contribution in [0.3, 0.4) is 0 Å². The zero-order chi connectivity index (χ0) is 20.8. The molecule has 1 fully saturated rings. The Hall–Kier alpha value is -2.77. The molecule has 6 N–H and O–H groups in total. The molecule has 0 radical (unpaired) electrons. The number of rotatable bonds is 8. The van der Waals surface area contributed by atoms with E-state index < -0.39 is 12.0 Å². The lowest BCUT2D eigenvalue weighted by molar-refractivity contribution is -0.138.